The Morgan fingerprint density at radius 3 is 2.38 bits per heavy atom. The summed E-state index contributed by atoms with van der Waals surface area (Å²) in [6.45, 7) is 3.77. The van der Waals surface area contributed by atoms with Crippen LogP contribution < -0.4 is 5.32 Å². The topological polar surface area (TPSA) is 82.2 Å². The number of carboxylic acid groups (broad SMARTS) is 1. The van der Waals surface area contributed by atoms with Crippen LogP contribution in [0.1, 0.15) is 27.3 Å². The maximum atomic E-state index is 12.1. The Labute approximate surface area is 122 Å². The molecule has 2 aromatic rings. The second kappa shape index (κ2) is 6.09. The predicted octanol–water partition coefficient (Wildman–Crippen LogP) is 2.98. The van der Waals surface area contributed by atoms with Gasteiger partial charge in [-0.05, 0) is 49.2 Å². The highest BCUT2D eigenvalue weighted by Gasteiger charge is 2.11. The quantitative estimate of drug-likeness (QED) is 0.755. The van der Waals surface area contributed by atoms with Crippen molar-refractivity contribution in [1.82, 2.24) is 4.98 Å². The number of aryl methyl sites for hydroxylation is 2. The molecule has 0 saturated heterocycles. The van der Waals surface area contributed by atoms with Crippen molar-refractivity contribution in [2.24, 2.45) is 0 Å². The van der Waals surface area contributed by atoms with Crippen LogP contribution in [0.5, 0.6) is 0 Å². The van der Waals surface area contributed by atoms with Crippen molar-refractivity contribution in [1.29, 1.82) is 0 Å². The minimum Gasteiger partial charge on any atom is -0.478 e. The number of benzene rings is 1. The summed E-state index contributed by atoms with van der Waals surface area (Å²) in [5, 5.41) is 11.3. The van der Waals surface area contributed by atoms with E-state index in [4.69, 9.17) is 5.11 Å². The first kappa shape index (κ1) is 14.6. The average molecular weight is 284 g/mol. The predicted molar refractivity (Wildman–Crippen MR) is 81.3 cm³/mol. The molecule has 0 saturated carbocycles. The molecule has 5 nitrogen and oxygen atoms in total. The summed E-state index contributed by atoms with van der Waals surface area (Å²) in [6, 6.07) is 8.84. The number of aromatic nitrogens is 1. The van der Waals surface area contributed by atoms with Crippen LogP contribution >= 0.6 is 0 Å². The van der Waals surface area contributed by atoms with Crippen LogP contribution in [-0.4, -0.2) is 22.0 Å². The number of amides is 1. The highest BCUT2D eigenvalue weighted by molar-refractivity contribution is 6.04. The number of carbonyl (C=O) groups excluding carboxylic acids is 1. The Morgan fingerprint density at radius 1 is 1.19 bits per heavy atom. The van der Waals surface area contributed by atoms with Crippen molar-refractivity contribution in [2.75, 3.05) is 5.32 Å². The summed E-state index contributed by atoms with van der Waals surface area (Å²) in [5.74, 6) is -1.20. The molecule has 2 rings (SSSR count). The number of anilines is 1. The molecule has 5 heteroatoms. The molecule has 1 aromatic heterocycles. The second-order valence-corrected chi connectivity index (χ2v) is 4.76. The molecule has 0 bridgehead atoms. The van der Waals surface area contributed by atoms with Gasteiger partial charge in [0, 0.05) is 17.5 Å². The highest BCUT2D eigenvalue weighted by atomic mass is 16.4. The van der Waals surface area contributed by atoms with Crippen LogP contribution in [0.2, 0.25) is 0 Å². The summed E-state index contributed by atoms with van der Waals surface area (Å²) >= 11 is 0. The normalized spacial score (nSPS) is 10.8. The van der Waals surface area contributed by atoms with Gasteiger partial charge in [-0.25, -0.2) is 4.79 Å². The molecule has 1 aromatic carbocycles. The molecule has 0 atom stereocenters. The Balaban J connectivity index is 2.08. The van der Waals surface area contributed by atoms with E-state index in [9.17, 15) is 9.59 Å². The fraction of sp³-hybridized carbons (Fsp3) is 0.125. The summed E-state index contributed by atoms with van der Waals surface area (Å²) in [6.07, 6.45) is 2.56. The molecule has 0 unspecified atom stereocenters. The zero-order valence-electron chi connectivity index (χ0n) is 11.8. The van der Waals surface area contributed by atoms with Crippen molar-refractivity contribution in [3.05, 3.63) is 58.9 Å². The van der Waals surface area contributed by atoms with Gasteiger partial charge in [-0.2, -0.15) is 0 Å². The Morgan fingerprint density at radius 2 is 1.86 bits per heavy atom. The molecular weight excluding hydrogens is 268 g/mol. The maximum Gasteiger partial charge on any atom is 0.328 e. The smallest absolute Gasteiger partial charge is 0.328 e. The summed E-state index contributed by atoms with van der Waals surface area (Å²) in [7, 11) is 0. The first-order valence-electron chi connectivity index (χ1n) is 6.44. The molecular formula is C16H16N2O3. The van der Waals surface area contributed by atoms with E-state index in [1.54, 1.807) is 24.3 Å². The summed E-state index contributed by atoms with van der Waals surface area (Å²) in [4.78, 5) is 25.6. The first-order chi connectivity index (χ1) is 9.95. The van der Waals surface area contributed by atoms with E-state index in [2.05, 4.69) is 10.3 Å². The van der Waals surface area contributed by atoms with E-state index < -0.39 is 5.97 Å². The van der Waals surface area contributed by atoms with Crippen molar-refractivity contribution in [3.63, 3.8) is 0 Å². The molecule has 21 heavy (non-hydrogen) atoms. The van der Waals surface area contributed by atoms with E-state index in [1.165, 1.54) is 6.08 Å². The third-order valence-electron chi connectivity index (χ3n) is 2.96. The van der Waals surface area contributed by atoms with E-state index in [-0.39, 0.29) is 5.91 Å². The lowest BCUT2D eigenvalue weighted by molar-refractivity contribution is -0.131. The maximum absolute atomic E-state index is 12.1. The van der Waals surface area contributed by atoms with Crippen LogP contribution in [-0.2, 0) is 4.79 Å². The number of aromatic amines is 1. The van der Waals surface area contributed by atoms with Gasteiger partial charge in [-0.15, -0.1) is 0 Å². The van der Waals surface area contributed by atoms with Gasteiger partial charge in [0.05, 0.1) is 0 Å². The van der Waals surface area contributed by atoms with Crippen LogP contribution in [0, 0.1) is 13.8 Å². The minimum absolute atomic E-state index is 0.200. The second-order valence-electron chi connectivity index (χ2n) is 4.76. The fourth-order valence-corrected chi connectivity index (χ4v) is 2.00. The van der Waals surface area contributed by atoms with Gasteiger partial charge < -0.3 is 15.4 Å². The van der Waals surface area contributed by atoms with Gasteiger partial charge in [0.25, 0.3) is 5.91 Å². The van der Waals surface area contributed by atoms with Crippen LogP contribution in [0.4, 0.5) is 5.69 Å². The lowest BCUT2D eigenvalue weighted by Gasteiger charge is -2.05. The monoisotopic (exact) mass is 284 g/mol. The van der Waals surface area contributed by atoms with Gasteiger partial charge in [-0.1, -0.05) is 12.1 Å². The number of carboxylic acids is 1. The molecule has 0 fully saturated rings. The fourth-order valence-electron chi connectivity index (χ4n) is 2.00. The molecule has 0 radical (unpaired) electrons. The number of carbonyl (C=O) groups is 2. The van der Waals surface area contributed by atoms with Crippen LogP contribution in [0.15, 0.2) is 36.4 Å². The summed E-state index contributed by atoms with van der Waals surface area (Å²) in [5.41, 5.74) is 3.78. The number of H-pyrrole nitrogens is 1. The zero-order chi connectivity index (χ0) is 15.4. The SMILES string of the molecule is Cc1cc(C)c(C(=O)Nc2ccc(/C=C/C(=O)O)cc2)[nH]1. The van der Waals surface area contributed by atoms with Gasteiger partial charge in [-0.3, -0.25) is 4.79 Å². The zero-order valence-corrected chi connectivity index (χ0v) is 11.8. The van der Waals surface area contributed by atoms with E-state index >= 15 is 0 Å². The van der Waals surface area contributed by atoms with Crippen LogP contribution in [0.25, 0.3) is 6.08 Å². The van der Waals surface area contributed by atoms with E-state index in [0.717, 1.165) is 22.9 Å². The molecule has 0 aliphatic carbocycles. The third-order valence-corrected chi connectivity index (χ3v) is 2.96. The van der Waals surface area contributed by atoms with Crippen LogP contribution in [0.3, 0.4) is 0 Å². The number of hydrogen-bond acceptors (Lipinski definition) is 2. The van der Waals surface area contributed by atoms with Crippen molar-refractivity contribution in [2.45, 2.75) is 13.8 Å². The van der Waals surface area contributed by atoms with Crippen molar-refractivity contribution in [3.8, 4) is 0 Å². The molecule has 108 valence electrons. The lowest BCUT2D eigenvalue weighted by atomic mass is 10.2. The average Bonchev–Trinajstić information content (AvgIpc) is 2.77. The Bertz CT molecular complexity index is 697. The largest absolute Gasteiger partial charge is 0.478 e. The molecule has 1 heterocycles. The molecule has 0 spiro atoms. The lowest BCUT2D eigenvalue weighted by Crippen LogP contribution is -2.13. The summed E-state index contributed by atoms with van der Waals surface area (Å²) < 4.78 is 0. The Hall–Kier alpha value is -2.82. The van der Waals surface area contributed by atoms with Gasteiger partial charge in [0.15, 0.2) is 0 Å². The molecule has 0 aliphatic rings. The number of hydrogen-bond donors (Lipinski definition) is 3. The molecule has 0 aliphatic heterocycles. The minimum atomic E-state index is -0.995. The third kappa shape index (κ3) is 3.82. The number of aliphatic carboxylic acids is 1. The van der Waals surface area contributed by atoms with E-state index in [1.807, 2.05) is 19.9 Å². The standard InChI is InChI=1S/C16H16N2O3/c1-10-9-11(2)17-15(10)16(21)18-13-6-3-12(4-7-13)5-8-14(19)20/h3-9,17H,1-2H3,(H,18,21)(H,19,20)/b8-5+. The Kier molecular flexibility index (Phi) is 4.23. The highest BCUT2D eigenvalue weighted by Crippen LogP contribution is 2.14. The van der Waals surface area contributed by atoms with E-state index in [0.29, 0.717) is 11.4 Å². The van der Waals surface area contributed by atoms with Crippen molar-refractivity contribution >= 4 is 23.6 Å². The van der Waals surface area contributed by atoms with Gasteiger partial charge >= 0.3 is 5.97 Å². The van der Waals surface area contributed by atoms with Crippen molar-refractivity contribution < 1.29 is 14.7 Å². The van der Waals surface area contributed by atoms with Gasteiger partial charge in [0.1, 0.15) is 5.69 Å². The molecule has 1 amide bonds. The first-order valence-corrected chi connectivity index (χ1v) is 6.44. The molecule has 3 N–H and O–H groups in total. The number of rotatable bonds is 4. The van der Waals surface area contributed by atoms with Gasteiger partial charge in [0.2, 0.25) is 0 Å². The number of nitrogens with one attached hydrogen (secondary N) is 2.